The number of aromatic nitrogens is 4. The van der Waals surface area contributed by atoms with Gasteiger partial charge in [-0.15, -0.1) is 0 Å². The number of methoxy groups -OCH3 is 1. The summed E-state index contributed by atoms with van der Waals surface area (Å²) in [6, 6.07) is 21.7. The minimum Gasteiger partial charge on any atom is -0.497 e. The first kappa shape index (κ1) is 35.1. The van der Waals surface area contributed by atoms with Gasteiger partial charge in [0.05, 0.1) is 29.4 Å². The van der Waals surface area contributed by atoms with Crippen molar-refractivity contribution in [1.29, 1.82) is 0 Å². The third-order valence-electron chi connectivity index (χ3n) is 5.88. The fourth-order valence-electron chi connectivity index (χ4n) is 3.90. The van der Waals surface area contributed by atoms with Gasteiger partial charge >= 0.3 is 0 Å². The summed E-state index contributed by atoms with van der Waals surface area (Å²) >= 11 is 0. The lowest BCUT2D eigenvalue weighted by atomic mass is 10.1. The second kappa shape index (κ2) is 18.4. The molecule has 44 heavy (non-hydrogen) atoms. The summed E-state index contributed by atoms with van der Waals surface area (Å²) in [7, 11) is 1.67. The molecule has 0 atom stereocenters. The van der Waals surface area contributed by atoms with Crippen LogP contribution in [-0.4, -0.2) is 32.8 Å². The molecule has 3 N–H and O–H groups in total. The highest BCUT2D eigenvalue weighted by Crippen LogP contribution is 2.28. The highest BCUT2D eigenvalue weighted by molar-refractivity contribution is 5.93. The minimum absolute atomic E-state index is 0. The second-order valence-electron chi connectivity index (χ2n) is 9.21. The van der Waals surface area contributed by atoms with Gasteiger partial charge in [-0.1, -0.05) is 58.9 Å². The zero-order valence-electron chi connectivity index (χ0n) is 25.5. The van der Waals surface area contributed by atoms with Gasteiger partial charge in [-0.2, -0.15) is 4.94 Å². The van der Waals surface area contributed by atoms with Crippen LogP contribution >= 0.6 is 0 Å². The van der Waals surface area contributed by atoms with E-state index in [4.69, 9.17) is 14.7 Å². The molecule has 10 nitrogen and oxygen atoms in total. The van der Waals surface area contributed by atoms with Gasteiger partial charge in [0.15, 0.2) is 17.4 Å². The van der Waals surface area contributed by atoms with E-state index in [2.05, 4.69) is 50.3 Å². The Hall–Kier alpha value is -5.09. The minimum atomic E-state index is -0.00407. The zero-order valence-corrected chi connectivity index (χ0v) is 25.5. The predicted molar refractivity (Wildman–Crippen MR) is 179 cm³/mol. The number of fused-ring (bicyclic) bond motifs is 1. The highest BCUT2D eigenvalue weighted by atomic mass is 16.8. The van der Waals surface area contributed by atoms with E-state index >= 15 is 0 Å². The quantitative estimate of drug-likeness (QED) is 0.107. The van der Waals surface area contributed by atoms with E-state index in [0.29, 0.717) is 17.2 Å². The van der Waals surface area contributed by atoms with Crippen LogP contribution in [0.4, 0.5) is 23.0 Å². The van der Waals surface area contributed by atoms with Gasteiger partial charge in [0.1, 0.15) is 12.1 Å². The SMILES string of the molecule is C.CC.CC(=O)c1cncnc1.CCCc1cc(Nc2nc3ccccc3nc2NONc2cccc(C)c2)cc(OC)c1. The number of Topliss-reactive ketones (excluding diaryl/α,β-unsaturated/α-hetero) is 1. The Kier molecular flexibility index (Phi) is 14.7. The van der Waals surface area contributed by atoms with Gasteiger partial charge < -0.3 is 10.1 Å². The number of aryl methyl sites for hydroxylation is 2. The topological polar surface area (TPSA) is 123 Å². The first-order valence-corrected chi connectivity index (χ1v) is 14.2. The maximum atomic E-state index is 10.6. The van der Waals surface area contributed by atoms with Crippen molar-refractivity contribution < 1.29 is 14.5 Å². The average molecular weight is 598 g/mol. The van der Waals surface area contributed by atoms with Crippen molar-refractivity contribution >= 4 is 39.8 Å². The summed E-state index contributed by atoms with van der Waals surface area (Å²) in [5.74, 6) is 1.80. The van der Waals surface area contributed by atoms with Gasteiger partial charge in [-0.25, -0.2) is 30.9 Å². The van der Waals surface area contributed by atoms with Crippen molar-refractivity contribution in [2.75, 3.05) is 23.4 Å². The number of nitrogens with one attached hydrogen (secondary N) is 3. The molecule has 5 rings (SSSR count). The molecule has 3 aromatic carbocycles. The Morgan fingerprint density at radius 2 is 1.52 bits per heavy atom. The molecule has 0 saturated heterocycles. The lowest BCUT2D eigenvalue weighted by molar-refractivity contribution is 0.101. The molecule has 0 aliphatic rings. The van der Waals surface area contributed by atoms with Crippen LogP contribution in [0.2, 0.25) is 0 Å². The molecule has 10 heteroatoms. The molecule has 2 aromatic heterocycles. The molecule has 0 radical (unpaired) electrons. The molecular weight excluding hydrogens is 554 g/mol. The highest BCUT2D eigenvalue weighted by Gasteiger charge is 2.11. The first-order chi connectivity index (χ1) is 20.9. The molecule has 0 aliphatic carbocycles. The fourth-order valence-corrected chi connectivity index (χ4v) is 3.90. The predicted octanol–water partition coefficient (Wildman–Crippen LogP) is 8.36. The van der Waals surface area contributed by atoms with Crippen molar-refractivity contribution in [3.8, 4) is 5.75 Å². The molecule has 232 valence electrons. The van der Waals surface area contributed by atoms with E-state index in [0.717, 1.165) is 46.6 Å². The molecular formula is C34H43N7O3. The Morgan fingerprint density at radius 3 is 2.11 bits per heavy atom. The lowest BCUT2D eigenvalue weighted by Gasteiger charge is -2.15. The van der Waals surface area contributed by atoms with Crippen molar-refractivity contribution in [2.45, 2.75) is 54.9 Å². The Morgan fingerprint density at radius 1 is 0.841 bits per heavy atom. The van der Waals surface area contributed by atoms with Crippen LogP contribution in [0.5, 0.6) is 5.75 Å². The average Bonchev–Trinajstić information content (AvgIpc) is 3.03. The van der Waals surface area contributed by atoms with E-state index in [1.54, 1.807) is 7.11 Å². The number of nitrogens with zero attached hydrogens (tertiary/aromatic N) is 4. The van der Waals surface area contributed by atoms with Crippen LogP contribution in [0.3, 0.4) is 0 Å². The number of carbonyl (C=O) groups is 1. The van der Waals surface area contributed by atoms with Crippen molar-refractivity contribution in [3.63, 3.8) is 0 Å². The molecule has 0 saturated carbocycles. The number of hydrogen-bond donors (Lipinski definition) is 3. The Labute approximate surface area is 260 Å². The summed E-state index contributed by atoms with van der Waals surface area (Å²) in [6.45, 7) is 9.66. The first-order valence-electron chi connectivity index (χ1n) is 14.2. The largest absolute Gasteiger partial charge is 0.497 e. The van der Waals surface area contributed by atoms with Gasteiger partial charge in [0.2, 0.25) is 0 Å². The second-order valence-corrected chi connectivity index (χ2v) is 9.21. The zero-order chi connectivity index (χ0) is 31.0. The molecule has 5 aromatic rings. The van der Waals surface area contributed by atoms with E-state index in [-0.39, 0.29) is 13.2 Å². The van der Waals surface area contributed by atoms with Gasteiger partial charge in [0.25, 0.3) is 0 Å². The smallest absolute Gasteiger partial charge is 0.196 e. The lowest BCUT2D eigenvalue weighted by Crippen LogP contribution is -2.12. The van der Waals surface area contributed by atoms with Gasteiger partial charge in [-0.3, -0.25) is 4.79 Å². The number of ether oxygens (including phenoxy) is 1. The normalized spacial score (nSPS) is 9.77. The molecule has 2 heterocycles. The number of hydrogen-bond acceptors (Lipinski definition) is 10. The summed E-state index contributed by atoms with van der Waals surface area (Å²) in [5, 5.41) is 3.37. The summed E-state index contributed by atoms with van der Waals surface area (Å²) in [4.78, 5) is 32.9. The Balaban J connectivity index is 0.000000480. The number of anilines is 4. The molecule has 0 aliphatic heterocycles. The fraction of sp³-hybridized carbons (Fsp3) is 0.265. The van der Waals surface area contributed by atoms with Crippen LogP contribution in [0.1, 0.15) is 63.0 Å². The number of ketones is 1. The summed E-state index contributed by atoms with van der Waals surface area (Å²) in [6.07, 6.45) is 6.40. The van der Waals surface area contributed by atoms with E-state index in [1.165, 1.54) is 31.2 Å². The molecule has 0 fully saturated rings. The van der Waals surface area contributed by atoms with Crippen LogP contribution in [0.25, 0.3) is 11.0 Å². The number of benzene rings is 3. The molecule has 0 unspecified atom stereocenters. The standard InChI is InChI=1S/C25H27N5O2.C6H6N2O.C2H6.CH4/c1-4-8-18-14-20(16-21(15-18)31-3)26-24-25(28-23-12-6-5-11-22(23)27-24)30-32-29-19-10-7-9-17(2)13-19;1-5(9)6-2-7-4-8-3-6;1-2;/h5-7,9-16,29H,4,8H2,1-3H3,(H,26,27)(H,28,30);2-4H,1H3;1-2H3;1H4. The van der Waals surface area contributed by atoms with E-state index < -0.39 is 0 Å². The summed E-state index contributed by atoms with van der Waals surface area (Å²) in [5.41, 5.74) is 11.9. The number of carbonyl (C=O) groups excluding carboxylic acids is 1. The Bertz CT molecular complexity index is 1600. The van der Waals surface area contributed by atoms with Crippen molar-refractivity contribution in [1.82, 2.24) is 19.9 Å². The van der Waals surface area contributed by atoms with Gasteiger partial charge in [-0.05, 0) is 67.8 Å². The molecule has 0 amide bonds. The van der Waals surface area contributed by atoms with E-state index in [9.17, 15) is 4.79 Å². The van der Waals surface area contributed by atoms with E-state index in [1.807, 2.05) is 75.4 Å². The van der Waals surface area contributed by atoms with Crippen LogP contribution < -0.4 is 21.0 Å². The summed E-state index contributed by atoms with van der Waals surface area (Å²) < 4.78 is 5.48. The third-order valence-corrected chi connectivity index (χ3v) is 5.88. The van der Waals surface area contributed by atoms with Crippen LogP contribution in [0, 0.1) is 6.92 Å². The third kappa shape index (κ3) is 10.6. The van der Waals surface area contributed by atoms with Crippen molar-refractivity contribution in [2.24, 2.45) is 0 Å². The number of para-hydroxylation sites is 2. The maximum absolute atomic E-state index is 10.6. The maximum Gasteiger partial charge on any atom is 0.196 e. The molecule has 0 bridgehead atoms. The van der Waals surface area contributed by atoms with Crippen molar-refractivity contribution in [3.05, 3.63) is 102 Å². The molecule has 0 spiro atoms. The van der Waals surface area contributed by atoms with Gasteiger partial charge in [0, 0.05) is 24.1 Å². The van der Waals surface area contributed by atoms with Crippen LogP contribution in [-0.2, 0) is 11.4 Å². The number of rotatable bonds is 10. The van der Waals surface area contributed by atoms with Crippen LogP contribution in [0.15, 0.2) is 85.5 Å². The monoisotopic (exact) mass is 597 g/mol.